The summed E-state index contributed by atoms with van der Waals surface area (Å²) in [5.41, 5.74) is 2.36. The maximum atomic E-state index is 13.0. The maximum Gasteiger partial charge on any atom is 0.329 e. The number of amides is 1. The third-order valence-electron chi connectivity index (χ3n) is 5.77. The van der Waals surface area contributed by atoms with Crippen LogP contribution in [0.15, 0.2) is 52.2 Å². The SMILES string of the molecule is CCCn1c(=O)n(CC(=O)Nc2cc(S(=O)(=O)N3CCOCC3)ccc2C)c2ccccc21. The highest BCUT2D eigenvalue weighted by Crippen LogP contribution is 2.24. The smallest absolute Gasteiger partial charge is 0.329 e. The van der Waals surface area contributed by atoms with Gasteiger partial charge in [0.1, 0.15) is 6.54 Å². The van der Waals surface area contributed by atoms with Gasteiger partial charge >= 0.3 is 5.69 Å². The Labute approximate surface area is 192 Å². The highest BCUT2D eigenvalue weighted by Gasteiger charge is 2.27. The molecule has 0 atom stereocenters. The van der Waals surface area contributed by atoms with Gasteiger partial charge in [0.25, 0.3) is 0 Å². The van der Waals surface area contributed by atoms with Gasteiger partial charge in [0.2, 0.25) is 15.9 Å². The number of sulfonamides is 1. The summed E-state index contributed by atoms with van der Waals surface area (Å²) in [7, 11) is -3.69. The fourth-order valence-electron chi connectivity index (χ4n) is 4.03. The molecule has 0 aliphatic carbocycles. The summed E-state index contributed by atoms with van der Waals surface area (Å²) in [6.45, 7) is 5.48. The Morgan fingerprint density at radius 2 is 1.73 bits per heavy atom. The molecule has 0 radical (unpaired) electrons. The van der Waals surface area contributed by atoms with Crippen molar-refractivity contribution in [3.05, 3.63) is 58.5 Å². The second-order valence-corrected chi connectivity index (χ2v) is 9.99. The minimum absolute atomic E-state index is 0.113. The molecule has 176 valence electrons. The van der Waals surface area contributed by atoms with Gasteiger partial charge in [-0.05, 0) is 43.2 Å². The number of aryl methyl sites for hydroxylation is 2. The van der Waals surface area contributed by atoms with E-state index in [1.807, 2.05) is 31.2 Å². The van der Waals surface area contributed by atoms with E-state index in [0.29, 0.717) is 44.1 Å². The second kappa shape index (κ2) is 9.50. The van der Waals surface area contributed by atoms with Gasteiger partial charge in [-0.3, -0.25) is 13.9 Å². The van der Waals surface area contributed by atoms with E-state index < -0.39 is 15.9 Å². The van der Waals surface area contributed by atoms with Gasteiger partial charge in [0, 0.05) is 25.3 Å². The number of hydrogen-bond acceptors (Lipinski definition) is 5. The van der Waals surface area contributed by atoms with Gasteiger partial charge in [-0.2, -0.15) is 4.31 Å². The Balaban J connectivity index is 1.59. The van der Waals surface area contributed by atoms with Crippen LogP contribution >= 0.6 is 0 Å². The largest absolute Gasteiger partial charge is 0.379 e. The van der Waals surface area contributed by atoms with Crippen molar-refractivity contribution in [1.29, 1.82) is 0 Å². The summed E-state index contributed by atoms with van der Waals surface area (Å²) < 4.78 is 35.7. The number of anilines is 1. The lowest BCUT2D eigenvalue weighted by Gasteiger charge is -2.26. The number of para-hydroxylation sites is 2. The molecule has 1 N–H and O–H groups in total. The average Bonchev–Trinajstić information content (AvgIpc) is 3.07. The summed E-state index contributed by atoms with van der Waals surface area (Å²) in [4.78, 5) is 26.0. The van der Waals surface area contributed by atoms with E-state index in [1.165, 1.54) is 14.9 Å². The average molecular weight is 473 g/mol. The Kier molecular flexibility index (Phi) is 6.68. The van der Waals surface area contributed by atoms with Crippen LogP contribution in [0, 0.1) is 6.92 Å². The van der Waals surface area contributed by atoms with Crippen LogP contribution in [-0.2, 0) is 32.6 Å². The number of carbonyl (C=O) groups is 1. The molecular formula is C23H28N4O5S. The lowest BCUT2D eigenvalue weighted by molar-refractivity contribution is -0.116. The number of aromatic nitrogens is 2. The van der Waals surface area contributed by atoms with Crippen LogP contribution in [-0.4, -0.2) is 54.1 Å². The first-order valence-electron chi connectivity index (χ1n) is 11.0. The van der Waals surface area contributed by atoms with Crippen molar-refractivity contribution in [2.75, 3.05) is 31.6 Å². The molecule has 3 aromatic rings. The van der Waals surface area contributed by atoms with Crippen molar-refractivity contribution < 1.29 is 17.9 Å². The molecule has 0 unspecified atom stereocenters. The first-order valence-corrected chi connectivity index (χ1v) is 12.4. The number of nitrogens with one attached hydrogen (secondary N) is 1. The molecule has 1 saturated heterocycles. The number of carbonyl (C=O) groups excluding carboxylic acids is 1. The van der Waals surface area contributed by atoms with Gasteiger partial charge in [-0.1, -0.05) is 25.1 Å². The monoisotopic (exact) mass is 472 g/mol. The maximum absolute atomic E-state index is 13.0. The molecule has 1 aliphatic heterocycles. The minimum Gasteiger partial charge on any atom is -0.379 e. The number of morpholine rings is 1. The third-order valence-corrected chi connectivity index (χ3v) is 7.66. The molecular weight excluding hydrogens is 444 g/mol. The number of imidazole rings is 1. The van der Waals surface area contributed by atoms with Gasteiger partial charge in [-0.25, -0.2) is 13.2 Å². The van der Waals surface area contributed by atoms with Crippen molar-refractivity contribution in [3.63, 3.8) is 0 Å². The zero-order valence-electron chi connectivity index (χ0n) is 18.8. The van der Waals surface area contributed by atoms with E-state index in [0.717, 1.165) is 17.5 Å². The van der Waals surface area contributed by atoms with Crippen molar-refractivity contribution in [2.45, 2.75) is 38.3 Å². The number of fused-ring (bicyclic) bond motifs is 1. The molecule has 33 heavy (non-hydrogen) atoms. The van der Waals surface area contributed by atoms with E-state index in [9.17, 15) is 18.0 Å². The fraction of sp³-hybridized carbons (Fsp3) is 0.391. The van der Waals surface area contributed by atoms with Crippen molar-refractivity contribution >= 4 is 32.7 Å². The molecule has 0 bridgehead atoms. The van der Waals surface area contributed by atoms with Crippen molar-refractivity contribution in [1.82, 2.24) is 13.4 Å². The standard InChI is InChI=1S/C23H28N4O5S/c1-3-10-26-20-6-4-5-7-21(20)27(23(26)29)16-22(28)24-19-15-18(9-8-17(19)2)33(30,31)25-11-13-32-14-12-25/h4-9,15H,3,10-14,16H2,1-2H3,(H,24,28). The zero-order valence-corrected chi connectivity index (χ0v) is 19.6. The van der Waals surface area contributed by atoms with Crippen LogP contribution in [0.25, 0.3) is 11.0 Å². The summed E-state index contributed by atoms with van der Waals surface area (Å²) in [6.07, 6.45) is 0.795. The van der Waals surface area contributed by atoms with Crippen LogP contribution in [0.2, 0.25) is 0 Å². The van der Waals surface area contributed by atoms with Crippen LogP contribution in [0.3, 0.4) is 0 Å². The summed E-state index contributed by atoms with van der Waals surface area (Å²) in [6, 6.07) is 12.1. The zero-order chi connectivity index (χ0) is 23.6. The van der Waals surface area contributed by atoms with E-state index in [2.05, 4.69) is 5.32 Å². The first-order chi connectivity index (χ1) is 15.8. The number of hydrogen-bond donors (Lipinski definition) is 1. The van der Waals surface area contributed by atoms with Crippen LogP contribution < -0.4 is 11.0 Å². The number of ether oxygens (including phenoxy) is 1. The lowest BCUT2D eigenvalue weighted by Crippen LogP contribution is -2.40. The van der Waals surface area contributed by atoms with Gasteiger partial charge in [0.05, 0.1) is 29.1 Å². The third kappa shape index (κ3) is 4.59. The van der Waals surface area contributed by atoms with Crippen LogP contribution in [0.4, 0.5) is 5.69 Å². The molecule has 1 fully saturated rings. The number of benzene rings is 2. The quantitative estimate of drug-likeness (QED) is 0.568. The summed E-state index contributed by atoms with van der Waals surface area (Å²) in [5.74, 6) is -0.402. The Bertz CT molecular complexity index is 1340. The molecule has 1 amide bonds. The van der Waals surface area contributed by atoms with Crippen molar-refractivity contribution in [2.24, 2.45) is 0 Å². The van der Waals surface area contributed by atoms with E-state index in [4.69, 9.17) is 4.74 Å². The second-order valence-electron chi connectivity index (χ2n) is 8.05. The lowest BCUT2D eigenvalue weighted by atomic mass is 10.2. The van der Waals surface area contributed by atoms with E-state index in [1.54, 1.807) is 23.6 Å². The van der Waals surface area contributed by atoms with Crippen molar-refractivity contribution in [3.8, 4) is 0 Å². The topological polar surface area (TPSA) is 103 Å². The Morgan fingerprint density at radius 1 is 1.06 bits per heavy atom. The molecule has 1 aliphatic rings. The van der Waals surface area contributed by atoms with Crippen LogP contribution in [0.5, 0.6) is 0 Å². The number of nitrogens with zero attached hydrogens (tertiary/aromatic N) is 3. The molecule has 1 aromatic heterocycles. The molecule has 0 spiro atoms. The predicted octanol–water partition coefficient (Wildman–Crippen LogP) is 2.18. The molecule has 10 heteroatoms. The molecule has 2 aromatic carbocycles. The Morgan fingerprint density at radius 3 is 2.39 bits per heavy atom. The number of rotatable bonds is 7. The van der Waals surface area contributed by atoms with E-state index in [-0.39, 0.29) is 17.1 Å². The molecule has 2 heterocycles. The fourth-order valence-corrected chi connectivity index (χ4v) is 5.47. The minimum atomic E-state index is -3.69. The van der Waals surface area contributed by atoms with Gasteiger partial charge < -0.3 is 10.1 Å². The Hall–Kier alpha value is -2.95. The van der Waals surface area contributed by atoms with Crippen LogP contribution in [0.1, 0.15) is 18.9 Å². The summed E-state index contributed by atoms with van der Waals surface area (Å²) in [5, 5.41) is 2.79. The molecule has 0 saturated carbocycles. The van der Waals surface area contributed by atoms with E-state index >= 15 is 0 Å². The first kappa shape index (κ1) is 23.2. The van der Waals surface area contributed by atoms with Gasteiger partial charge in [-0.15, -0.1) is 0 Å². The highest BCUT2D eigenvalue weighted by atomic mass is 32.2. The normalized spacial score (nSPS) is 15.1. The summed E-state index contributed by atoms with van der Waals surface area (Å²) >= 11 is 0. The molecule has 9 nitrogen and oxygen atoms in total. The van der Waals surface area contributed by atoms with Gasteiger partial charge in [0.15, 0.2) is 0 Å². The highest BCUT2D eigenvalue weighted by molar-refractivity contribution is 7.89. The molecule has 4 rings (SSSR count). The predicted molar refractivity (Wildman–Crippen MR) is 126 cm³/mol.